The van der Waals surface area contributed by atoms with Gasteiger partial charge in [0.05, 0.1) is 20.2 Å². The van der Waals surface area contributed by atoms with Gasteiger partial charge in [-0.05, 0) is 42.8 Å². The number of sulfonamides is 1. The largest absolute Gasteiger partial charge is 0.418 e. The van der Waals surface area contributed by atoms with Crippen LogP contribution >= 0.6 is 0 Å². The summed E-state index contributed by atoms with van der Waals surface area (Å²) in [5, 5.41) is 4.97. The lowest BCUT2D eigenvalue weighted by Crippen LogP contribution is -2.14. The van der Waals surface area contributed by atoms with Crippen LogP contribution in [0.2, 0.25) is 0 Å². The highest BCUT2D eigenvalue weighted by Gasteiger charge is 2.34. The lowest BCUT2D eigenvalue weighted by Gasteiger charge is -2.13. The summed E-state index contributed by atoms with van der Waals surface area (Å²) in [6, 6.07) is 5.28. The molecule has 2 rings (SSSR count). The van der Waals surface area contributed by atoms with Gasteiger partial charge in [-0.15, -0.1) is 0 Å². The summed E-state index contributed by atoms with van der Waals surface area (Å²) in [5.41, 5.74) is 3.49. The highest BCUT2D eigenvalue weighted by Crippen LogP contribution is 2.36. The van der Waals surface area contributed by atoms with E-state index in [1.165, 1.54) is 13.0 Å². The molecular formula is C14H13F3N2O4S2. The minimum atomic E-state index is -4.84. The fraction of sp³-hybridized carbons (Fsp3) is 0.143. The zero-order valence-corrected chi connectivity index (χ0v) is 14.3. The zero-order valence-electron chi connectivity index (χ0n) is 12.7. The predicted octanol–water partition coefficient (Wildman–Crippen LogP) is 2.08. The van der Waals surface area contributed by atoms with E-state index in [2.05, 4.69) is 0 Å². The molecule has 0 unspecified atom stereocenters. The van der Waals surface area contributed by atoms with Crippen molar-refractivity contribution in [1.82, 2.24) is 0 Å². The number of hydrogen-bond donors (Lipinski definition) is 2. The lowest BCUT2D eigenvalue weighted by atomic mass is 10.2. The summed E-state index contributed by atoms with van der Waals surface area (Å²) in [6.07, 6.45) is -4.84. The first-order valence-electron chi connectivity index (χ1n) is 6.60. The average Bonchev–Trinajstić information content (AvgIpc) is 2.45. The molecule has 0 spiro atoms. The second-order valence-corrected chi connectivity index (χ2v) is 8.70. The van der Waals surface area contributed by atoms with Crippen molar-refractivity contribution in [2.24, 2.45) is 5.14 Å². The number of nitrogens with two attached hydrogens (primary N) is 2. The molecule has 25 heavy (non-hydrogen) atoms. The van der Waals surface area contributed by atoms with Crippen molar-refractivity contribution < 1.29 is 30.0 Å². The fourth-order valence-corrected chi connectivity index (χ4v) is 4.28. The molecule has 4 N–H and O–H groups in total. The third-order valence-electron chi connectivity index (χ3n) is 3.42. The molecule has 0 saturated heterocycles. The standard InChI is InChI=1S/C14H13F3N2O4S2/c1-8-2-3-10(25(19,22)23)7-13(8)24(20,21)9-4-5-12(18)11(6-9)14(15,16)17/h2-7H,18H2,1H3,(H2,19,22,23). The topological polar surface area (TPSA) is 120 Å². The molecule has 0 amide bonds. The third kappa shape index (κ3) is 3.78. The van der Waals surface area contributed by atoms with Crippen LogP contribution in [0.4, 0.5) is 18.9 Å². The van der Waals surface area contributed by atoms with Gasteiger partial charge in [-0.1, -0.05) is 6.07 Å². The molecule has 2 aromatic carbocycles. The second kappa shape index (κ2) is 6.00. The average molecular weight is 394 g/mol. The highest BCUT2D eigenvalue weighted by molar-refractivity contribution is 7.91. The second-order valence-electron chi connectivity index (χ2n) is 5.22. The van der Waals surface area contributed by atoms with Gasteiger partial charge in [-0.2, -0.15) is 13.2 Å². The molecule has 0 saturated carbocycles. The van der Waals surface area contributed by atoms with Crippen molar-refractivity contribution >= 4 is 25.5 Å². The van der Waals surface area contributed by atoms with E-state index in [-0.39, 0.29) is 5.56 Å². The van der Waals surface area contributed by atoms with Gasteiger partial charge in [-0.3, -0.25) is 0 Å². The van der Waals surface area contributed by atoms with Gasteiger partial charge in [0.15, 0.2) is 0 Å². The quantitative estimate of drug-likeness (QED) is 0.772. The maximum Gasteiger partial charge on any atom is 0.418 e. The highest BCUT2D eigenvalue weighted by atomic mass is 32.2. The Hall–Kier alpha value is -2.11. The van der Waals surface area contributed by atoms with Crippen LogP contribution < -0.4 is 10.9 Å². The number of anilines is 1. The van der Waals surface area contributed by atoms with Crippen molar-refractivity contribution in [2.75, 3.05) is 5.73 Å². The van der Waals surface area contributed by atoms with E-state index in [0.29, 0.717) is 6.07 Å². The molecule has 0 aliphatic carbocycles. The monoisotopic (exact) mass is 394 g/mol. The Labute approximate surface area is 142 Å². The van der Waals surface area contributed by atoms with E-state index < -0.39 is 52.0 Å². The summed E-state index contributed by atoms with van der Waals surface area (Å²) in [6.45, 7) is 1.38. The number of benzene rings is 2. The summed E-state index contributed by atoms with van der Waals surface area (Å²) >= 11 is 0. The van der Waals surface area contributed by atoms with Gasteiger partial charge in [0.1, 0.15) is 0 Å². The van der Waals surface area contributed by atoms with Gasteiger partial charge in [0.25, 0.3) is 0 Å². The van der Waals surface area contributed by atoms with E-state index >= 15 is 0 Å². The van der Waals surface area contributed by atoms with Gasteiger partial charge in [0, 0.05) is 5.69 Å². The summed E-state index contributed by atoms with van der Waals surface area (Å²) in [4.78, 5) is -1.59. The number of hydrogen-bond acceptors (Lipinski definition) is 5. The van der Waals surface area contributed by atoms with E-state index in [1.807, 2.05) is 0 Å². The number of halogens is 3. The molecule has 0 bridgehead atoms. The molecule has 2 aromatic rings. The Morgan fingerprint density at radius 2 is 1.48 bits per heavy atom. The summed E-state index contributed by atoms with van der Waals surface area (Å²) < 4.78 is 87.0. The van der Waals surface area contributed by atoms with Crippen LogP contribution in [0.3, 0.4) is 0 Å². The number of sulfone groups is 1. The Balaban J connectivity index is 2.73. The molecule has 0 aliphatic rings. The van der Waals surface area contributed by atoms with Crippen LogP contribution in [-0.2, 0) is 26.0 Å². The van der Waals surface area contributed by atoms with Crippen LogP contribution in [0.25, 0.3) is 0 Å². The van der Waals surface area contributed by atoms with Crippen molar-refractivity contribution in [3.63, 3.8) is 0 Å². The predicted molar refractivity (Wildman–Crippen MR) is 83.9 cm³/mol. The number of alkyl halides is 3. The van der Waals surface area contributed by atoms with Gasteiger partial charge in [0.2, 0.25) is 19.9 Å². The molecule has 136 valence electrons. The van der Waals surface area contributed by atoms with Crippen molar-refractivity contribution in [3.8, 4) is 0 Å². The maximum absolute atomic E-state index is 12.9. The first-order chi connectivity index (χ1) is 11.2. The Bertz CT molecular complexity index is 1050. The van der Waals surface area contributed by atoms with Crippen LogP contribution in [0.1, 0.15) is 11.1 Å². The number of primary sulfonamides is 1. The molecule has 0 heterocycles. The first kappa shape index (κ1) is 19.2. The van der Waals surface area contributed by atoms with E-state index in [4.69, 9.17) is 10.9 Å². The Kier molecular flexibility index (Phi) is 4.61. The normalized spacial score (nSPS) is 13.0. The molecule has 0 fully saturated rings. The smallest absolute Gasteiger partial charge is 0.398 e. The molecule has 11 heteroatoms. The van der Waals surface area contributed by atoms with Crippen LogP contribution in [0.5, 0.6) is 0 Å². The number of nitrogen functional groups attached to an aromatic ring is 1. The summed E-state index contributed by atoms with van der Waals surface area (Å²) in [5.74, 6) is 0. The van der Waals surface area contributed by atoms with Gasteiger partial charge >= 0.3 is 6.18 Å². The fourth-order valence-electron chi connectivity index (χ4n) is 2.12. The van der Waals surface area contributed by atoms with Crippen LogP contribution in [0.15, 0.2) is 51.1 Å². The minimum Gasteiger partial charge on any atom is -0.398 e. The van der Waals surface area contributed by atoms with Gasteiger partial charge in [-0.25, -0.2) is 22.0 Å². The minimum absolute atomic E-state index is 0.151. The molecule has 0 aromatic heterocycles. The van der Waals surface area contributed by atoms with E-state index in [9.17, 15) is 30.0 Å². The zero-order chi connectivity index (χ0) is 19.2. The SMILES string of the molecule is Cc1ccc(S(N)(=O)=O)cc1S(=O)(=O)c1ccc(N)c(C(F)(F)F)c1. The van der Waals surface area contributed by atoms with Crippen molar-refractivity contribution in [3.05, 3.63) is 47.5 Å². The Morgan fingerprint density at radius 1 is 0.920 bits per heavy atom. The van der Waals surface area contributed by atoms with Crippen LogP contribution in [0, 0.1) is 6.92 Å². The van der Waals surface area contributed by atoms with Crippen molar-refractivity contribution in [2.45, 2.75) is 27.8 Å². The molecule has 6 nitrogen and oxygen atoms in total. The van der Waals surface area contributed by atoms with Crippen molar-refractivity contribution in [1.29, 1.82) is 0 Å². The number of rotatable bonds is 3. The first-order valence-corrected chi connectivity index (χ1v) is 9.63. The van der Waals surface area contributed by atoms with Gasteiger partial charge < -0.3 is 5.73 Å². The lowest BCUT2D eigenvalue weighted by molar-refractivity contribution is -0.137. The molecular weight excluding hydrogens is 381 g/mol. The molecule has 0 aliphatic heterocycles. The van der Waals surface area contributed by atoms with E-state index in [0.717, 1.165) is 24.3 Å². The Morgan fingerprint density at radius 3 is 2.00 bits per heavy atom. The third-order valence-corrected chi connectivity index (χ3v) is 6.22. The summed E-state index contributed by atoms with van der Waals surface area (Å²) in [7, 11) is -8.61. The molecule has 0 radical (unpaired) electrons. The number of aryl methyl sites for hydroxylation is 1. The molecule has 0 atom stereocenters. The van der Waals surface area contributed by atoms with E-state index in [1.54, 1.807) is 0 Å². The van der Waals surface area contributed by atoms with Crippen LogP contribution in [-0.4, -0.2) is 16.8 Å². The maximum atomic E-state index is 12.9.